The Morgan fingerprint density at radius 2 is 2.27 bits per heavy atom. The molecule has 2 rings (SSSR count). The van der Waals surface area contributed by atoms with Crippen molar-refractivity contribution < 1.29 is 0 Å². The van der Waals surface area contributed by atoms with Gasteiger partial charge in [-0.2, -0.15) is 0 Å². The molecular weight excluding hydrogens is 343 g/mol. The third-order valence-electron chi connectivity index (χ3n) is 2.37. The Kier molecular flexibility index (Phi) is 3.91. The third-order valence-corrected chi connectivity index (χ3v) is 3.44. The molecule has 0 bridgehead atoms. The van der Waals surface area contributed by atoms with Gasteiger partial charge in [-0.25, -0.2) is 4.98 Å². The topological polar surface area (TPSA) is 16.1 Å². The molecule has 1 aromatic heterocycles. The van der Waals surface area contributed by atoms with Crippen molar-refractivity contribution in [3.63, 3.8) is 0 Å². The molecule has 0 amide bonds. The summed E-state index contributed by atoms with van der Waals surface area (Å²) in [5.41, 5.74) is 0. The van der Waals surface area contributed by atoms with Gasteiger partial charge in [0.1, 0.15) is 5.82 Å². The molecule has 1 saturated carbocycles. The normalized spacial score (nSPS) is 15.4. The molecule has 1 heterocycles. The fraction of sp³-hybridized carbons (Fsp3) is 0.500. The first-order valence-corrected chi connectivity index (χ1v) is 7.15. The molecule has 82 valence electrons. The van der Waals surface area contributed by atoms with Crippen LogP contribution in [0.5, 0.6) is 0 Å². The molecule has 0 unspecified atom stereocenters. The lowest BCUT2D eigenvalue weighted by Crippen LogP contribution is -2.28. The van der Waals surface area contributed by atoms with E-state index in [0.717, 1.165) is 27.2 Å². The molecule has 5 heteroatoms. The van der Waals surface area contributed by atoms with Gasteiger partial charge in [-0.15, -0.1) is 0 Å². The second kappa shape index (κ2) is 5.02. The summed E-state index contributed by atoms with van der Waals surface area (Å²) in [7, 11) is 0. The fourth-order valence-electron chi connectivity index (χ4n) is 1.56. The number of anilines is 1. The van der Waals surface area contributed by atoms with Crippen LogP contribution < -0.4 is 4.90 Å². The van der Waals surface area contributed by atoms with Gasteiger partial charge in [0.2, 0.25) is 0 Å². The first-order chi connectivity index (χ1) is 7.22. The van der Waals surface area contributed by atoms with Gasteiger partial charge >= 0.3 is 0 Å². The molecule has 1 aromatic rings. The highest BCUT2D eigenvalue weighted by Gasteiger charge is 2.30. The Bertz CT molecular complexity index is 355. The van der Waals surface area contributed by atoms with Crippen LogP contribution in [0.25, 0.3) is 0 Å². The molecule has 0 atom stereocenters. The third kappa shape index (κ3) is 2.86. The number of pyridine rings is 1. The maximum atomic E-state index is 6.18. The van der Waals surface area contributed by atoms with E-state index >= 15 is 0 Å². The lowest BCUT2D eigenvalue weighted by atomic mass is 10.4. The van der Waals surface area contributed by atoms with Crippen molar-refractivity contribution in [1.29, 1.82) is 0 Å². The number of aromatic nitrogens is 1. The van der Waals surface area contributed by atoms with Crippen LogP contribution in [0, 0.1) is 0 Å². The van der Waals surface area contributed by atoms with Gasteiger partial charge in [0.05, 0.1) is 5.02 Å². The van der Waals surface area contributed by atoms with Gasteiger partial charge in [-0.3, -0.25) is 0 Å². The van der Waals surface area contributed by atoms with Crippen LogP contribution in [0.2, 0.25) is 5.02 Å². The maximum Gasteiger partial charge on any atom is 0.147 e. The summed E-state index contributed by atoms with van der Waals surface area (Å²) in [4.78, 5) is 6.67. The minimum atomic E-state index is 0.633. The van der Waals surface area contributed by atoms with E-state index in [9.17, 15) is 0 Å². The molecule has 0 aromatic carbocycles. The number of hydrogen-bond acceptors (Lipinski definition) is 2. The Hall–Kier alpha value is 0.200. The van der Waals surface area contributed by atoms with Crippen molar-refractivity contribution in [2.24, 2.45) is 0 Å². The highest BCUT2D eigenvalue weighted by molar-refractivity contribution is 9.10. The zero-order valence-electron chi connectivity index (χ0n) is 8.09. The van der Waals surface area contributed by atoms with Crippen LogP contribution in [0.1, 0.15) is 12.8 Å². The smallest absolute Gasteiger partial charge is 0.147 e. The first-order valence-electron chi connectivity index (χ1n) is 4.86. The van der Waals surface area contributed by atoms with Gasteiger partial charge in [0.15, 0.2) is 0 Å². The summed E-state index contributed by atoms with van der Waals surface area (Å²) < 4.78 is 0.922. The first kappa shape index (κ1) is 11.7. The minimum absolute atomic E-state index is 0.633. The molecule has 0 aliphatic heterocycles. The average molecular weight is 354 g/mol. The van der Waals surface area contributed by atoms with Gasteiger partial charge in [-0.05, 0) is 34.8 Å². The summed E-state index contributed by atoms with van der Waals surface area (Å²) in [5.74, 6) is 0.904. The second-order valence-electron chi connectivity index (χ2n) is 3.57. The van der Waals surface area contributed by atoms with E-state index in [0.29, 0.717) is 6.04 Å². The minimum Gasteiger partial charge on any atom is -0.352 e. The summed E-state index contributed by atoms with van der Waals surface area (Å²) in [6.07, 6.45) is 4.30. The molecule has 2 nitrogen and oxygen atoms in total. The van der Waals surface area contributed by atoms with Crippen LogP contribution in [0.4, 0.5) is 5.82 Å². The number of halogens is 3. The van der Waals surface area contributed by atoms with Gasteiger partial charge < -0.3 is 4.90 Å². The van der Waals surface area contributed by atoms with Crippen LogP contribution in [0.3, 0.4) is 0 Å². The number of hydrogen-bond donors (Lipinski definition) is 0. The molecular formula is C10H11Br2ClN2. The predicted molar refractivity (Wildman–Crippen MR) is 71.1 cm³/mol. The predicted octanol–water partition coefficient (Wildman–Crippen LogP) is 3.86. The SMILES string of the molecule is Clc1cc(Br)cnc1N(CCBr)C1CC1. The quantitative estimate of drug-likeness (QED) is 0.763. The van der Waals surface area contributed by atoms with E-state index in [4.69, 9.17) is 11.6 Å². The van der Waals surface area contributed by atoms with Crippen LogP contribution in [-0.2, 0) is 0 Å². The largest absolute Gasteiger partial charge is 0.352 e. The molecule has 0 radical (unpaired) electrons. The van der Waals surface area contributed by atoms with Crippen molar-refractivity contribution in [1.82, 2.24) is 4.98 Å². The van der Waals surface area contributed by atoms with Crippen molar-refractivity contribution in [3.05, 3.63) is 21.8 Å². The van der Waals surface area contributed by atoms with Crippen molar-refractivity contribution in [3.8, 4) is 0 Å². The lowest BCUT2D eigenvalue weighted by molar-refractivity contribution is 0.815. The Morgan fingerprint density at radius 3 is 2.80 bits per heavy atom. The van der Waals surface area contributed by atoms with Crippen molar-refractivity contribution in [2.75, 3.05) is 16.8 Å². The average Bonchev–Trinajstić information content (AvgIpc) is 2.98. The standard InChI is InChI=1S/C10H11Br2ClN2/c11-3-4-15(8-1-2-8)10-9(13)5-7(12)6-14-10/h5-6,8H,1-4H2. The molecule has 1 aliphatic carbocycles. The van der Waals surface area contributed by atoms with E-state index < -0.39 is 0 Å². The lowest BCUT2D eigenvalue weighted by Gasteiger charge is -2.23. The Labute approximate surface area is 111 Å². The molecule has 15 heavy (non-hydrogen) atoms. The molecule has 1 fully saturated rings. The zero-order valence-corrected chi connectivity index (χ0v) is 12.0. The van der Waals surface area contributed by atoms with Crippen LogP contribution >= 0.6 is 43.5 Å². The molecule has 0 saturated heterocycles. The maximum absolute atomic E-state index is 6.18. The number of rotatable bonds is 4. The number of alkyl halides is 1. The van der Waals surface area contributed by atoms with Crippen molar-refractivity contribution >= 4 is 49.3 Å². The fourth-order valence-corrected chi connectivity index (χ4v) is 2.68. The molecule has 1 aliphatic rings. The summed E-state index contributed by atoms with van der Waals surface area (Å²) in [5, 5.41) is 1.66. The second-order valence-corrected chi connectivity index (χ2v) is 5.69. The van der Waals surface area contributed by atoms with E-state index in [1.807, 2.05) is 6.07 Å². The van der Waals surface area contributed by atoms with E-state index in [1.54, 1.807) is 6.20 Å². The highest BCUT2D eigenvalue weighted by Crippen LogP contribution is 2.35. The summed E-state index contributed by atoms with van der Waals surface area (Å²) >= 11 is 13.0. The molecule has 0 spiro atoms. The number of nitrogens with zero attached hydrogens (tertiary/aromatic N) is 2. The Balaban J connectivity index is 2.24. The van der Waals surface area contributed by atoms with E-state index in [-0.39, 0.29) is 0 Å². The Morgan fingerprint density at radius 1 is 1.53 bits per heavy atom. The molecule has 0 N–H and O–H groups in total. The van der Waals surface area contributed by atoms with Gasteiger partial charge in [0.25, 0.3) is 0 Å². The van der Waals surface area contributed by atoms with E-state index in [1.165, 1.54) is 12.8 Å². The summed E-state index contributed by atoms with van der Waals surface area (Å²) in [6.45, 7) is 0.957. The van der Waals surface area contributed by atoms with Gasteiger partial charge in [-0.1, -0.05) is 27.5 Å². The van der Waals surface area contributed by atoms with Crippen molar-refractivity contribution in [2.45, 2.75) is 18.9 Å². The zero-order chi connectivity index (χ0) is 10.8. The van der Waals surface area contributed by atoms with Gasteiger partial charge in [0, 0.05) is 28.6 Å². The van der Waals surface area contributed by atoms with E-state index in [2.05, 4.69) is 41.7 Å². The highest BCUT2D eigenvalue weighted by atomic mass is 79.9. The van der Waals surface area contributed by atoms with Crippen LogP contribution in [0.15, 0.2) is 16.7 Å². The monoisotopic (exact) mass is 352 g/mol. The van der Waals surface area contributed by atoms with Crippen LogP contribution in [-0.4, -0.2) is 22.9 Å². The summed E-state index contributed by atoms with van der Waals surface area (Å²) in [6, 6.07) is 2.53.